The fraction of sp³-hybridized carbons (Fsp3) is 0.500. The zero-order valence-corrected chi connectivity index (χ0v) is 19.7. The number of fused-ring (bicyclic) bond motifs is 1. The molecule has 2 fully saturated rings. The second-order valence-electron chi connectivity index (χ2n) is 9.90. The molecule has 2 heterocycles. The first-order valence-electron chi connectivity index (χ1n) is 11.7. The van der Waals surface area contributed by atoms with Crippen LogP contribution in [0.1, 0.15) is 45.1 Å². The number of carbonyl (C=O) groups is 2. The third-order valence-electron chi connectivity index (χ3n) is 6.42. The number of hydrogen-bond acceptors (Lipinski definition) is 3. The molecule has 0 spiro atoms. The predicted molar refractivity (Wildman–Crippen MR) is 129 cm³/mol. The Morgan fingerprint density at radius 3 is 2.09 bits per heavy atom. The SMILES string of the molecule is [C-]#[N+]c1ccc2cc(C3CCN(C(=O)N4CCN(C(=O)OC(C)(C)C)CC4)CC3)ccc2c1. The molecule has 2 aliphatic rings. The van der Waals surface area contributed by atoms with Gasteiger partial charge in [0.2, 0.25) is 0 Å². The molecule has 174 valence electrons. The minimum Gasteiger partial charge on any atom is -0.444 e. The molecule has 2 aromatic carbocycles. The summed E-state index contributed by atoms with van der Waals surface area (Å²) in [6.07, 6.45) is 1.57. The Labute approximate surface area is 195 Å². The topological polar surface area (TPSA) is 57.5 Å². The molecule has 3 amide bonds. The molecule has 2 aliphatic heterocycles. The van der Waals surface area contributed by atoms with Crippen LogP contribution in [0.5, 0.6) is 0 Å². The summed E-state index contributed by atoms with van der Waals surface area (Å²) < 4.78 is 5.44. The molecule has 33 heavy (non-hydrogen) atoms. The van der Waals surface area contributed by atoms with Crippen molar-refractivity contribution in [2.24, 2.45) is 0 Å². The summed E-state index contributed by atoms with van der Waals surface area (Å²) in [5.41, 5.74) is 1.45. The van der Waals surface area contributed by atoms with Gasteiger partial charge in [0.15, 0.2) is 5.69 Å². The number of hydrogen-bond donors (Lipinski definition) is 0. The Morgan fingerprint density at radius 2 is 1.45 bits per heavy atom. The fourth-order valence-electron chi connectivity index (χ4n) is 4.59. The van der Waals surface area contributed by atoms with Crippen molar-refractivity contribution in [3.63, 3.8) is 0 Å². The molecule has 0 radical (unpaired) electrons. The minimum absolute atomic E-state index is 0.0717. The first kappa shape index (κ1) is 22.9. The van der Waals surface area contributed by atoms with Crippen LogP contribution in [-0.4, -0.2) is 71.7 Å². The van der Waals surface area contributed by atoms with Gasteiger partial charge < -0.3 is 19.4 Å². The van der Waals surface area contributed by atoms with E-state index in [0.717, 1.165) is 36.7 Å². The van der Waals surface area contributed by atoms with Gasteiger partial charge in [0.1, 0.15) is 5.60 Å². The van der Waals surface area contributed by atoms with E-state index in [1.165, 1.54) is 5.56 Å². The van der Waals surface area contributed by atoms with Gasteiger partial charge in [0, 0.05) is 39.3 Å². The van der Waals surface area contributed by atoms with Gasteiger partial charge in [-0.2, -0.15) is 0 Å². The first-order valence-corrected chi connectivity index (χ1v) is 11.7. The van der Waals surface area contributed by atoms with Crippen molar-refractivity contribution in [1.82, 2.24) is 14.7 Å². The van der Waals surface area contributed by atoms with E-state index in [-0.39, 0.29) is 12.1 Å². The Hall–Kier alpha value is -3.27. The second kappa shape index (κ2) is 9.30. The van der Waals surface area contributed by atoms with Gasteiger partial charge >= 0.3 is 12.1 Å². The zero-order valence-electron chi connectivity index (χ0n) is 19.7. The molecule has 7 heteroatoms. The van der Waals surface area contributed by atoms with Gasteiger partial charge in [-0.3, -0.25) is 0 Å². The van der Waals surface area contributed by atoms with Crippen molar-refractivity contribution in [2.45, 2.75) is 45.1 Å². The van der Waals surface area contributed by atoms with Crippen molar-refractivity contribution >= 4 is 28.6 Å². The maximum absolute atomic E-state index is 13.0. The van der Waals surface area contributed by atoms with Crippen LogP contribution in [-0.2, 0) is 4.74 Å². The molecule has 0 bridgehead atoms. The third kappa shape index (κ3) is 5.39. The molecular formula is C26H32N4O3. The number of benzene rings is 2. The number of rotatable bonds is 1. The number of carbonyl (C=O) groups excluding carboxylic acids is 2. The molecule has 2 saturated heterocycles. The van der Waals surface area contributed by atoms with E-state index in [4.69, 9.17) is 11.3 Å². The third-order valence-corrected chi connectivity index (χ3v) is 6.42. The maximum atomic E-state index is 13.0. The van der Waals surface area contributed by atoms with Crippen molar-refractivity contribution < 1.29 is 14.3 Å². The van der Waals surface area contributed by atoms with Gasteiger partial charge in [0.05, 0.1) is 6.57 Å². The summed E-state index contributed by atoms with van der Waals surface area (Å²) in [7, 11) is 0. The van der Waals surface area contributed by atoms with E-state index in [1.807, 2.05) is 48.8 Å². The summed E-state index contributed by atoms with van der Waals surface area (Å²) in [4.78, 5) is 34.3. The van der Waals surface area contributed by atoms with E-state index in [0.29, 0.717) is 37.8 Å². The van der Waals surface area contributed by atoms with E-state index in [1.54, 1.807) is 4.90 Å². The molecule has 0 unspecified atom stereocenters. The van der Waals surface area contributed by atoms with Crippen molar-refractivity contribution in [3.05, 3.63) is 53.4 Å². The number of ether oxygens (including phenoxy) is 1. The van der Waals surface area contributed by atoms with Crippen LogP contribution in [0.4, 0.5) is 15.3 Å². The van der Waals surface area contributed by atoms with Crippen molar-refractivity contribution in [3.8, 4) is 0 Å². The van der Waals surface area contributed by atoms with Gasteiger partial charge in [-0.1, -0.05) is 30.3 Å². The molecule has 0 atom stereocenters. The van der Waals surface area contributed by atoms with Gasteiger partial charge in [-0.25, -0.2) is 14.4 Å². The van der Waals surface area contributed by atoms with E-state index in [9.17, 15) is 9.59 Å². The molecule has 0 saturated carbocycles. The Morgan fingerprint density at radius 1 is 0.879 bits per heavy atom. The zero-order chi connectivity index (χ0) is 23.6. The first-order chi connectivity index (χ1) is 15.7. The highest BCUT2D eigenvalue weighted by Gasteiger charge is 2.31. The largest absolute Gasteiger partial charge is 0.444 e. The van der Waals surface area contributed by atoms with Crippen LogP contribution in [0.15, 0.2) is 36.4 Å². The molecule has 0 aliphatic carbocycles. The predicted octanol–water partition coefficient (Wildman–Crippen LogP) is 5.24. The van der Waals surface area contributed by atoms with Gasteiger partial charge in [0.25, 0.3) is 0 Å². The summed E-state index contributed by atoms with van der Waals surface area (Å²) in [6, 6.07) is 12.4. The lowest BCUT2D eigenvalue weighted by molar-refractivity contribution is 0.0154. The number of amides is 3. The minimum atomic E-state index is -0.514. The van der Waals surface area contributed by atoms with E-state index in [2.05, 4.69) is 23.0 Å². The highest BCUT2D eigenvalue weighted by molar-refractivity contribution is 5.86. The van der Waals surface area contributed by atoms with Gasteiger partial charge in [-0.05, 0) is 61.9 Å². The number of nitrogens with zero attached hydrogens (tertiary/aromatic N) is 4. The Bertz CT molecular complexity index is 1070. The highest BCUT2D eigenvalue weighted by Crippen LogP contribution is 2.31. The number of likely N-dealkylation sites (tertiary alicyclic amines) is 1. The van der Waals surface area contributed by atoms with E-state index < -0.39 is 5.60 Å². The van der Waals surface area contributed by atoms with Crippen LogP contribution >= 0.6 is 0 Å². The summed E-state index contributed by atoms with van der Waals surface area (Å²) in [5, 5.41) is 2.24. The van der Waals surface area contributed by atoms with Crippen LogP contribution < -0.4 is 0 Å². The van der Waals surface area contributed by atoms with Crippen LogP contribution in [0, 0.1) is 6.57 Å². The number of piperidine rings is 1. The number of piperazine rings is 1. The van der Waals surface area contributed by atoms with Crippen molar-refractivity contribution in [2.75, 3.05) is 39.3 Å². The molecule has 7 nitrogen and oxygen atoms in total. The highest BCUT2D eigenvalue weighted by atomic mass is 16.6. The normalized spacial score (nSPS) is 17.7. The molecule has 2 aromatic rings. The fourth-order valence-corrected chi connectivity index (χ4v) is 4.59. The Kier molecular flexibility index (Phi) is 6.46. The average Bonchev–Trinajstić information content (AvgIpc) is 2.82. The summed E-state index contributed by atoms with van der Waals surface area (Å²) in [6.45, 7) is 16.3. The molecule has 4 rings (SSSR count). The molecule has 0 aromatic heterocycles. The molecular weight excluding hydrogens is 416 g/mol. The van der Waals surface area contributed by atoms with Crippen LogP contribution in [0.2, 0.25) is 0 Å². The molecule has 0 N–H and O–H groups in total. The quantitative estimate of drug-likeness (QED) is 0.561. The van der Waals surface area contributed by atoms with Crippen LogP contribution in [0.3, 0.4) is 0 Å². The smallest absolute Gasteiger partial charge is 0.410 e. The van der Waals surface area contributed by atoms with Crippen molar-refractivity contribution in [1.29, 1.82) is 0 Å². The summed E-state index contributed by atoms with van der Waals surface area (Å²) in [5.74, 6) is 0.433. The number of urea groups is 1. The van der Waals surface area contributed by atoms with Crippen LogP contribution in [0.25, 0.3) is 15.6 Å². The lowest BCUT2D eigenvalue weighted by atomic mass is 9.88. The second-order valence-corrected chi connectivity index (χ2v) is 9.90. The Balaban J connectivity index is 1.29. The van der Waals surface area contributed by atoms with E-state index >= 15 is 0 Å². The average molecular weight is 449 g/mol. The standard InChI is InChI=1S/C26H32N4O3/c1-26(2,3)33-25(32)30-15-13-29(14-16-30)24(31)28-11-9-19(10-12-28)20-5-6-22-18-23(27-4)8-7-21(22)17-20/h5-8,17-19H,9-16H2,1-3H3. The lowest BCUT2D eigenvalue weighted by Gasteiger charge is -2.40. The maximum Gasteiger partial charge on any atom is 0.410 e. The monoisotopic (exact) mass is 448 g/mol. The van der Waals surface area contributed by atoms with Gasteiger partial charge in [-0.15, -0.1) is 0 Å². The lowest BCUT2D eigenvalue weighted by Crippen LogP contribution is -2.55. The summed E-state index contributed by atoms with van der Waals surface area (Å²) >= 11 is 0.